The summed E-state index contributed by atoms with van der Waals surface area (Å²) in [5.41, 5.74) is 0.427. The van der Waals surface area contributed by atoms with Gasteiger partial charge in [0.25, 0.3) is 0 Å². The molecule has 3 nitrogen and oxygen atoms in total. The number of aromatic nitrogens is 1. The van der Waals surface area contributed by atoms with E-state index < -0.39 is 11.3 Å². The average Bonchev–Trinajstić information content (AvgIpc) is 3.10. The van der Waals surface area contributed by atoms with E-state index in [1.165, 1.54) is 0 Å². The molecule has 2 heterocycles. The van der Waals surface area contributed by atoms with Crippen molar-refractivity contribution in [2.75, 3.05) is 13.7 Å². The summed E-state index contributed by atoms with van der Waals surface area (Å²) in [4.78, 5) is 4.40. The van der Waals surface area contributed by atoms with Gasteiger partial charge >= 0.3 is 0 Å². The van der Waals surface area contributed by atoms with Gasteiger partial charge in [0.1, 0.15) is 16.4 Å². The molecule has 0 radical (unpaired) electrons. The molecule has 1 fully saturated rings. The van der Waals surface area contributed by atoms with Gasteiger partial charge in [0.2, 0.25) is 0 Å². The lowest BCUT2D eigenvalue weighted by Gasteiger charge is -2.17. The molecule has 22 heavy (non-hydrogen) atoms. The van der Waals surface area contributed by atoms with Crippen LogP contribution in [0.2, 0.25) is 0 Å². The second-order valence-electron chi connectivity index (χ2n) is 6.21. The van der Waals surface area contributed by atoms with E-state index in [2.05, 4.69) is 11.1 Å². The first kappa shape index (κ1) is 15.4. The molecule has 2 aromatic rings. The third kappa shape index (κ3) is 3.01. The van der Waals surface area contributed by atoms with E-state index in [-0.39, 0.29) is 0 Å². The summed E-state index contributed by atoms with van der Waals surface area (Å²) < 4.78 is 25.0. The molecular weight excluding hydrogens is 301 g/mol. The number of hydrogen-bond acceptors (Lipinski definition) is 4. The molecule has 1 unspecified atom stereocenters. The number of hydrogen-bond donors (Lipinski definition) is 0. The highest BCUT2D eigenvalue weighted by atomic mass is 32.1. The van der Waals surface area contributed by atoms with Crippen molar-refractivity contribution in [1.82, 2.24) is 4.98 Å². The second-order valence-corrected chi connectivity index (χ2v) is 7.10. The van der Waals surface area contributed by atoms with Crippen LogP contribution in [0.5, 0.6) is 5.75 Å². The third-order valence-electron chi connectivity index (χ3n) is 3.92. The van der Waals surface area contributed by atoms with Crippen LogP contribution < -0.4 is 4.74 Å². The smallest absolute Gasteiger partial charge is 0.171 e. The topological polar surface area (TPSA) is 34.6 Å². The molecule has 0 N–H and O–H groups in total. The van der Waals surface area contributed by atoms with E-state index in [1.807, 2.05) is 17.5 Å². The standard InChI is InChI=1S/C17H20FNO2S/c1-16(2,18)7-6-12-4-5-14(20-3)13(10-12)17(11-21-17)15-19-8-9-22-15/h4-5,8-10H,6-7,11H2,1-3H3. The molecule has 1 aromatic heterocycles. The maximum absolute atomic E-state index is 13.7. The number of thiazole rings is 1. The number of methoxy groups -OCH3 is 1. The van der Waals surface area contributed by atoms with Crippen molar-refractivity contribution in [3.05, 3.63) is 45.9 Å². The quantitative estimate of drug-likeness (QED) is 0.751. The Balaban J connectivity index is 1.93. The summed E-state index contributed by atoms with van der Waals surface area (Å²) >= 11 is 1.58. The van der Waals surface area contributed by atoms with Crippen LogP contribution in [-0.4, -0.2) is 24.4 Å². The van der Waals surface area contributed by atoms with Gasteiger partial charge in [-0.2, -0.15) is 0 Å². The van der Waals surface area contributed by atoms with Crippen LogP contribution in [0, 0.1) is 0 Å². The van der Waals surface area contributed by atoms with Gasteiger partial charge in [0.05, 0.1) is 13.7 Å². The number of nitrogens with zero attached hydrogens (tertiary/aromatic N) is 1. The maximum Gasteiger partial charge on any atom is 0.171 e. The molecule has 0 spiro atoms. The Bertz CT molecular complexity index is 645. The number of rotatable bonds is 6. The second kappa shape index (κ2) is 5.63. The zero-order chi connectivity index (χ0) is 15.8. The van der Waals surface area contributed by atoms with E-state index in [0.717, 1.165) is 21.9 Å². The zero-order valence-corrected chi connectivity index (χ0v) is 13.9. The normalized spacial score (nSPS) is 20.9. The Hall–Kier alpha value is -1.46. The molecule has 0 aliphatic carbocycles. The molecule has 0 amide bonds. The highest BCUT2D eigenvalue weighted by Crippen LogP contribution is 2.49. The van der Waals surface area contributed by atoms with Crippen molar-refractivity contribution < 1.29 is 13.9 Å². The van der Waals surface area contributed by atoms with E-state index >= 15 is 0 Å². The number of alkyl halides is 1. The number of halogens is 1. The molecule has 0 saturated carbocycles. The first-order chi connectivity index (χ1) is 10.4. The lowest BCUT2D eigenvalue weighted by molar-refractivity contribution is 0.202. The Kier molecular flexibility index (Phi) is 3.95. The van der Waals surface area contributed by atoms with Crippen LogP contribution in [-0.2, 0) is 16.8 Å². The first-order valence-electron chi connectivity index (χ1n) is 7.35. The van der Waals surface area contributed by atoms with Crippen molar-refractivity contribution in [2.45, 2.75) is 38.0 Å². The van der Waals surface area contributed by atoms with Gasteiger partial charge < -0.3 is 9.47 Å². The highest BCUT2D eigenvalue weighted by molar-refractivity contribution is 7.09. The largest absolute Gasteiger partial charge is 0.496 e. The molecule has 1 saturated heterocycles. The summed E-state index contributed by atoms with van der Waals surface area (Å²) in [6, 6.07) is 6.00. The summed E-state index contributed by atoms with van der Waals surface area (Å²) in [7, 11) is 1.65. The molecule has 1 aromatic carbocycles. The number of aryl methyl sites for hydroxylation is 1. The Morgan fingerprint density at radius 2 is 2.23 bits per heavy atom. The third-order valence-corrected chi connectivity index (χ3v) is 4.83. The number of epoxide rings is 1. The summed E-state index contributed by atoms with van der Waals surface area (Å²) in [6.45, 7) is 3.83. The summed E-state index contributed by atoms with van der Waals surface area (Å²) in [5.74, 6) is 0.788. The predicted octanol–water partition coefficient (Wildman–Crippen LogP) is 4.11. The molecular formula is C17H20FNO2S. The minimum absolute atomic E-state index is 0.485. The summed E-state index contributed by atoms with van der Waals surface area (Å²) in [6.07, 6.45) is 2.96. The van der Waals surface area contributed by atoms with E-state index in [0.29, 0.717) is 19.4 Å². The van der Waals surface area contributed by atoms with Gasteiger partial charge in [-0.3, -0.25) is 0 Å². The SMILES string of the molecule is COc1ccc(CCC(C)(C)F)cc1C1(c2nccs2)CO1. The van der Waals surface area contributed by atoms with Crippen LogP contribution in [0.3, 0.4) is 0 Å². The lowest BCUT2D eigenvalue weighted by Crippen LogP contribution is -2.15. The fourth-order valence-electron chi connectivity index (χ4n) is 2.56. The Labute approximate surface area is 134 Å². The van der Waals surface area contributed by atoms with Gasteiger partial charge in [0, 0.05) is 17.1 Å². The molecule has 1 atom stereocenters. The summed E-state index contributed by atoms with van der Waals surface area (Å²) in [5, 5.41) is 2.88. The van der Waals surface area contributed by atoms with Crippen LogP contribution in [0.15, 0.2) is 29.8 Å². The minimum Gasteiger partial charge on any atom is -0.496 e. The molecule has 3 rings (SSSR count). The monoisotopic (exact) mass is 321 g/mol. The van der Waals surface area contributed by atoms with Gasteiger partial charge in [-0.15, -0.1) is 11.3 Å². The van der Waals surface area contributed by atoms with Gasteiger partial charge in [-0.05, 0) is 44.4 Å². The molecule has 1 aliphatic heterocycles. The first-order valence-corrected chi connectivity index (χ1v) is 8.23. The van der Waals surface area contributed by atoms with E-state index in [9.17, 15) is 4.39 Å². The fourth-order valence-corrected chi connectivity index (χ4v) is 3.35. The predicted molar refractivity (Wildman–Crippen MR) is 85.3 cm³/mol. The number of ether oxygens (including phenoxy) is 2. The van der Waals surface area contributed by atoms with E-state index in [4.69, 9.17) is 9.47 Å². The molecule has 118 valence electrons. The van der Waals surface area contributed by atoms with Crippen molar-refractivity contribution in [1.29, 1.82) is 0 Å². The maximum atomic E-state index is 13.7. The highest BCUT2D eigenvalue weighted by Gasteiger charge is 2.52. The van der Waals surface area contributed by atoms with E-state index in [1.54, 1.807) is 38.5 Å². The average molecular weight is 321 g/mol. The van der Waals surface area contributed by atoms with Crippen molar-refractivity contribution in [3.63, 3.8) is 0 Å². The van der Waals surface area contributed by atoms with Crippen molar-refractivity contribution in [3.8, 4) is 5.75 Å². The van der Waals surface area contributed by atoms with Gasteiger partial charge in [-0.25, -0.2) is 9.37 Å². The zero-order valence-electron chi connectivity index (χ0n) is 13.1. The van der Waals surface area contributed by atoms with Crippen molar-refractivity contribution in [2.24, 2.45) is 0 Å². The molecule has 1 aliphatic rings. The van der Waals surface area contributed by atoms with Crippen LogP contribution in [0.1, 0.15) is 36.4 Å². The lowest BCUT2D eigenvalue weighted by atomic mass is 9.94. The molecule has 0 bridgehead atoms. The number of benzene rings is 1. The van der Waals surface area contributed by atoms with Crippen LogP contribution >= 0.6 is 11.3 Å². The Morgan fingerprint density at radius 1 is 1.45 bits per heavy atom. The van der Waals surface area contributed by atoms with Gasteiger partial charge in [-0.1, -0.05) is 6.07 Å². The fraction of sp³-hybridized carbons (Fsp3) is 0.471. The van der Waals surface area contributed by atoms with Crippen molar-refractivity contribution >= 4 is 11.3 Å². The minimum atomic E-state index is -1.16. The van der Waals surface area contributed by atoms with Crippen LogP contribution in [0.25, 0.3) is 0 Å². The van der Waals surface area contributed by atoms with Gasteiger partial charge in [0.15, 0.2) is 5.60 Å². The Morgan fingerprint density at radius 3 is 2.77 bits per heavy atom. The van der Waals surface area contributed by atoms with Crippen LogP contribution in [0.4, 0.5) is 4.39 Å². The molecule has 5 heteroatoms.